The van der Waals surface area contributed by atoms with Crippen LogP contribution < -0.4 is 5.32 Å². The van der Waals surface area contributed by atoms with Crippen LogP contribution in [-0.2, 0) is 5.66 Å². The summed E-state index contributed by atoms with van der Waals surface area (Å²) in [5, 5.41) is 6.25. The zero-order valence-corrected chi connectivity index (χ0v) is 27.7. The van der Waals surface area contributed by atoms with Gasteiger partial charge in [0.25, 0.3) is 5.91 Å². The van der Waals surface area contributed by atoms with Crippen LogP contribution in [0.2, 0.25) is 5.02 Å². The first-order chi connectivity index (χ1) is 24.6. The number of amides is 1. The number of nitrogens with one attached hydrogen (secondary N) is 2. The standard InChI is InChI=1S/C45H30ClN3O/c46-31-24-25-38-34(26-31)41(43-35(28-14-4-1-5-15-28)27-45(49(38)43)36-22-12-10-20-32(36)44(50)48-45)40-33-21-11-13-23-37(33)47-42(40)39(29-16-6-2-7-17-29)30-18-8-3-9-19-30/h1-27,39,47H,(H,48,50). The Bertz CT molecular complexity index is 2620. The van der Waals surface area contributed by atoms with Gasteiger partial charge in [0.05, 0.1) is 11.2 Å². The van der Waals surface area contributed by atoms with Gasteiger partial charge in [-0.2, -0.15) is 0 Å². The van der Waals surface area contributed by atoms with Crippen LogP contribution in [-0.4, -0.2) is 15.5 Å². The first-order valence-corrected chi connectivity index (χ1v) is 17.3. The summed E-state index contributed by atoms with van der Waals surface area (Å²) in [6, 6.07) is 54.5. The third-order valence-electron chi connectivity index (χ3n) is 10.4. The average molecular weight is 664 g/mol. The van der Waals surface area contributed by atoms with Crippen molar-refractivity contribution in [2.24, 2.45) is 0 Å². The molecule has 0 aliphatic carbocycles. The lowest BCUT2D eigenvalue weighted by atomic mass is 9.83. The Hall–Kier alpha value is -6.10. The summed E-state index contributed by atoms with van der Waals surface area (Å²) >= 11 is 6.89. The van der Waals surface area contributed by atoms with E-state index in [0.717, 1.165) is 61.0 Å². The highest BCUT2D eigenvalue weighted by molar-refractivity contribution is 6.31. The van der Waals surface area contributed by atoms with Crippen molar-refractivity contribution in [3.63, 3.8) is 0 Å². The lowest BCUT2D eigenvalue weighted by molar-refractivity contribution is 0.0937. The van der Waals surface area contributed by atoms with Crippen LogP contribution in [0.25, 0.3) is 38.5 Å². The van der Waals surface area contributed by atoms with E-state index in [1.165, 1.54) is 11.1 Å². The highest BCUT2D eigenvalue weighted by atomic mass is 35.5. The Labute approximate surface area is 294 Å². The van der Waals surface area contributed by atoms with Gasteiger partial charge >= 0.3 is 0 Å². The van der Waals surface area contributed by atoms with Crippen molar-refractivity contribution < 1.29 is 4.79 Å². The number of H-pyrrole nitrogens is 1. The molecule has 1 unspecified atom stereocenters. The smallest absolute Gasteiger partial charge is 0.254 e. The van der Waals surface area contributed by atoms with Gasteiger partial charge in [0.1, 0.15) is 0 Å². The Morgan fingerprint density at radius 3 is 2.02 bits per heavy atom. The van der Waals surface area contributed by atoms with Crippen molar-refractivity contribution in [1.82, 2.24) is 14.9 Å². The molecule has 1 spiro atoms. The van der Waals surface area contributed by atoms with Gasteiger partial charge in [-0.3, -0.25) is 4.79 Å². The Morgan fingerprint density at radius 1 is 0.640 bits per heavy atom. The van der Waals surface area contributed by atoms with E-state index < -0.39 is 5.66 Å². The van der Waals surface area contributed by atoms with Gasteiger partial charge < -0.3 is 14.9 Å². The minimum atomic E-state index is -0.928. The van der Waals surface area contributed by atoms with Crippen molar-refractivity contribution in [1.29, 1.82) is 0 Å². The summed E-state index contributed by atoms with van der Waals surface area (Å²) in [6.07, 6.45) is 2.25. The van der Waals surface area contributed by atoms with Crippen molar-refractivity contribution in [3.05, 3.63) is 208 Å². The van der Waals surface area contributed by atoms with E-state index in [0.29, 0.717) is 10.6 Å². The molecular weight excluding hydrogens is 634 g/mol. The van der Waals surface area contributed by atoms with Gasteiger partial charge in [-0.1, -0.05) is 139 Å². The molecule has 50 heavy (non-hydrogen) atoms. The maximum absolute atomic E-state index is 13.8. The molecule has 2 aliphatic rings. The summed E-state index contributed by atoms with van der Waals surface area (Å²) in [4.78, 5) is 17.7. The number of hydrogen-bond donors (Lipinski definition) is 2. The number of carbonyl (C=O) groups is 1. The maximum atomic E-state index is 13.8. The van der Waals surface area contributed by atoms with Crippen LogP contribution in [0.15, 0.2) is 164 Å². The third-order valence-corrected chi connectivity index (χ3v) is 10.6. The second kappa shape index (κ2) is 11.0. The highest BCUT2D eigenvalue weighted by Gasteiger charge is 2.50. The van der Waals surface area contributed by atoms with Crippen LogP contribution >= 0.6 is 11.6 Å². The second-order valence-electron chi connectivity index (χ2n) is 13.1. The number of para-hydroxylation sites is 1. The predicted octanol–water partition coefficient (Wildman–Crippen LogP) is 10.5. The molecule has 2 aromatic heterocycles. The molecule has 238 valence electrons. The molecule has 1 atom stereocenters. The minimum Gasteiger partial charge on any atom is -0.357 e. The molecule has 5 heteroatoms. The summed E-state index contributed by atoms with van der Waals surface area (Å²) in [7, 11) is 0. The second-order valence-corrected chi connectivity index (χ2v) is 13.6. The zero-order chi connectivity index (χ0) is 33.4. The molecule has 0 saturated carbocycles. The SMILES string of the molecule is O=C1NC2(C=C(c3ccccc3)c3c(-c4c(C(c5ccccc5)c5ccccc5)[nH]c5ccccc45)c4cc(Cl)ccc4n32)c2ccccc21. The van der Waals surface area contributed by atoms with Crippen molar-refractivity contribution in [2.45, 2.75) is 11.6 Å². The van der Waals surface area contributed by atoms with E-state index >= 15 is 0 Å². The molecule has 0 bridgehead atoms. The molecule has 4 nitrogen and oxygen atoms in total. The number of aromatic amines is 1. The Balaban J connectivity index is 1.38. The third kappa shape index (κ3) is 4.09. The number of nitrogens with zero attached hydrogens (tertiary/aromatic N) is 1. The number of aromatic nitrogens is 2. The molecule has 6 aromatic carbocycles. The molecule has 2 N–H and O–H groups in total. The summed E-state index contributed by atoms with van der Waals surface area (Å²) in [5.74, 6) is -0.175. The lowest BCUT2D eigenvalue weighted by Gasteiger charge is -2.27. The molecule has 2 aliphatic heterocycles. The number of rotatable bonds is 5. The van der Waals surface area contributed by atoms with Crippen LogP contribution in [0, 0.1) is 0 Å². The number of halogens is 1. The van der Waals surface area contributed by atoms with Gasteiger partial charge in [-0.25, -0.2) is 0 Å². The lowest BCUT2D eigenvalue weighted by Crippen LogP contribution is -2.42. The molecule has 4 heterocycles. The first kappa shape index (κ1) is 28.9. The van der Waals surface area contributed by atoms with E-state index in [-0.39, 0.29) is 11.8 Å². The normalized spacial score (nSPS) is 16.3. The van der Waals surface area contributed by atoms with Gasteiger partial charge in [-0.05, 0) is 53.1 Å². The van der Waals surface area contributed by atoms with Crippen LogP contribution in [0.5, 0.6) is 0 Å². The average Bonchev–Trinajstić information content (AvgIpc) is 3.88. The maximum Gasteiger partial charge on any atom is 0.254 e. The fraction of sp³-hybridized carbons (Fsp3) is 0.0444. The van der Waals surface area contributed by atoms with Gasteiger partial charge in [0.15, 0.2) is 5.66 Å². The molecule has 0 radical (unpaired) electrons. The fourth-order valence-electron chi connectivity index (χ4n) is 8.39. The van der Waals surface area contributed by atoms with Gasteiger partial charge in [-0.15, -0.1) is 0 Å². The van der Waals surface area contributed by atoms with Crippen molar-refractivity contribution >= 4 is 44.9 Å². The molecule has 1 amide bonds. The molecule has 0 fully saturated rings. The summed E-state index contributed by atoms with van der Waals surface area (Å²) in [6.45, 7) is 0. The van der Waals surface area contributed by atoms with E-state index in [4.69, 9.17) is 11.6 Å². The fourth-order valence-corrected chi connectivity index (χ4v) is 8.57. The highest BCUT2D eigenvalue weighted by Crippen LogP contribution is 2.55. The van der Waals surface area contributed by atoms with Crippen LogP contribution in [0.4, 0.5) is 0 Å². The van der Waals surface area contributed by atoms with E-state index in [9.17, 15) is 4.79 Å². The van der Waals surface area contributed by atoms with E-state index in [2.05, 4.69) is 148 Å². The summed E-state index contributed by atoms with van der Waals surface area (Å²) in [5.41, 5.74) is 11.6. The molecule has 8 aromatic rings. The topological polar surface area (TPSA) is 49.8 Å². The van der Waals surface area contributed by atoms with Gasteiger partial charge in [0.2, 0.25) is 0 Å². The van der Waals surface area contributed by atoms with Crippen molar-refractivity contribution in [3.8, 4) is 11.1 Å². The van der Waals surface area contributed by atoms with E-state index in [1.807, 2.05) is 30.3 Å². The van der Waals surface area contributed by atoms with Crippen molar-refractivity contribution in [2.75, 3.05) is 0 Å². The number of hydrogen-bond acceptors (Lipinski definition) is 1. The quantitative estimate of drug-likeness (QED) is 0.189. The number of carbonyl (C=O) groups excluding carboxylic acids is 1. The largest absolute Gasteiger partial charge is 0.357 e. The number of benzene rings is 6. The van der Waals surface area contributed by atoms with E-state index in [1.54, 1.807) is 0 Å². The number of fused-ring (bicyclic) bond motifs is 7. The molecule has 0 saturated heterocycles. The first-order valence-electron chi connectivity index (χ1n) is 16.9. The summed E-state index contributed by atoms with van der Waals surface area (Å²) < 4.78 is 2.34. The predicted molar refractivity (Wildman–Crippen MR) is 203 cm³/mol. The monoisotopic (exact) mass is 663 g/mol. The van der Waals surface area contributed by atoms with Crippen LogP contribution in [0.3, 0.4) is 0 Å². The zero-order valence-electron chi connectivity index (χ0n) is 26.9. The van der Waals surface area contributed by atoms with Crippen LogP contribution in [0.1, 0.15) is 49.9 Å². The Kier molecular flexibility index (Phi) is 6.33. The van der Waals surface area contributed by atoms with Gasteiger partial charge in [0, 0.05) is 60.8 Å². The minimum absolute atomic E-state index is 0.0870. The Morgan fingerprint density at radius 2 is 1.28 bits per heavy atom. The molecule has 10 rings (SSSR count). The molecular formula is C45H30ClN3O.